The molecule has 3 aromatic rings. The van der Waals surface area contributed by atoms with E-state index >= 15 is 0 Å². The third-order valence-corrected chi connectivity index (χ3v) is 5.23. The van der Waals surface area contributed by atoms with Gasteiger partial charge in [0.05, 0.1) is 17.8 Å². The highest BCUT2D eigenvalue weighted by atomic mass is 79.9. The van der Waals surface area contributed by atoms with Crippen LogP contribution in [0.2, 0.25) is 0 Å². The minimum Gasteiger partial charge on any atom is -0.315 e. The van der Waals surface area contributed by atoms with Crippen LogP contribution < -0.4 is 4.90 Å². The van der Waals surface area contributed by atoms with Gasteiger partial charge in [-0.15, -0.1) is 0 Å². The van der Waals surface area contributed by atoms with E-state index in [0.29, 0.717) is 0 Å². The number of amides is 1. The Balaban J connectivity index is 1.87. The molecule has 0 fully saturated rings. The zero-order chi connectivity index (χ0) is 19.7. The molecule has 1 amide bonds. The van der Waals surface area contributed by atoms with Crippen LogP contribution in [0.15, 0.2) is 46.9 Å². The van der Waals surface area contributed by atoms with E-state index in [0.717, 1.165) is 38.4 Å². The smallest absolute Gasteiger partial charge is 0.231 e. The predicted octanol–water partition coefficient (Wildman–Crippen LogP) is 4.90. The van der Waals surface area contributed by atoms with Crippen molar-refractivity contribution in [2.75, 3.05) is 11.9 Å². The lowest BCUT2D eigenvalue weighted by Crippen LogP contribution is -2.28. The number of benzene rings is 2. The Morgan fingerprint density at radius 3 is 2.44 bits per heavy atom. The van der Waals surface area contributed by atoms with Gasteiger partial charge in [-0.1, -0.05) is 15.9 Å². The van der Waals surface area contributed by atoms with Gasteiger partial charge in [0.1, 0.15) is 5.82 Å². The molecule has 0 N–H and O–H groups in total. The molecule has 0 aliphatic carbocycles. The van der Waals surface area contributed by atoms with E-state index in [1.54, 1.807) is 28.8 Å². The summed E-state index contributed by atoms with van der Waals surface area (Å²) in [6, 6.07) is 12.0. The maximum Gasteiger partial charge on any atom is 0.231 e. The van der Waals surface area contributed by atoms with Gasteiger partial charge in [-0.25, -0.2) is 9.07 Å². The lowest BCUT2D eigenvalue weighted by atomic mass is 10.1. The number of halogens is 2. The van der Waals surface area contributed by atoms with Crippen molar-refractivity contribution in [2.45, 2.75) is 27.2 Å². The second-order valence-corrected chi connectivity index (χ2v) is 7.51. The minimum atomic E-state index is -0.290. The van der Waals surface area contributed by atoms with Crippen molar-refractivity contribution in [3.63, 3.8) is 0 Å². The van der Waals surface area contributed by atoms with Gasteiger partial charge in [-0.2, -0.15) is 5.10 Å². The van der Waals surface area contributed by atoms with Crippen LogP contribution in [-0.4, -0.2) is 22.7 Å². The number of aryl methyl sites for hydroxylation is 2. The van der Waals surface area contributed by atoms with Gasteiger partial charge < -0.3 is 4.90 Å². The van der Waals surface area contributed by atoms with Crippen molar-refractivity contribution >= 4 is 27.5 Å². The van der Waals surface area contributed by atoms with Gasteiger partial charge in [-0.3, -0.25) is 4.79 Å². The van der Waals surface area contributed by atoms with E-state index in [2.05, 4.69) is 21.0 Å². The number of aromatic nitrogens is 2. The first-order chi connectivity index (χ1) is 12.8. The Hall–Kier alpha value is -2.47. The van der Waals surface area contributed by atoms with E-state index in [4.69, 9.17) is 0 Å². The molecular weight excluding hydrogens is 409 g/mol. The molecule has 0 saturated carbocycles. The van der Waals surface area contributed by atoms with Crippen LogP contribution in [0.3, 0.4) is 0 Å². The SMILES string of the molecule is Cc1cc(Br)ccc1N(C)C(=O)Cc1c(C)nn(-c2ccc(F)cc2)c1C. The maximum absolute atomic E-state index is 13.2. The van der Waals surface area contributed by atoms with Crippen molar-refractivity contribution in [3.8, 4) is 5.69 Å². The molecule has 0 atom stereocenters. The third kappa shape index (κ3) is 3.95. The Morgan fingerprint density at radius 1 is 1.15 bits per heavy atom. The number of hydrogen-bond acceptors (Lipinski definition) is 2. The molecule has 0 radical (unpaired) electrons. The van der Waals surface area contributed by atoms with Crippen molar-refractivity contribution in [3.05, 3.63) is 75.3 Å². The van der Waals surface area contributed by atoms with E-state index in [1.807, 2.05) is 39.0 Å². The van der Waals surface area contributed by atoms with E-state index in [9.17, 15) is 9.18 Å². The summed E-state index contributed by atoms with van der Waals surface area (Å²) in [7, 11) is 1.79. The zero-order valence-electron chi connectivity index (χ0n) is 15.8. The molecular formula is C21H21BrFN3O. The first-order valence-electron chi connectivity index (χ1n) is 8.61. The first kappa shape index (κ1) is 19.3. The van der Waals surface area contributed by atoms with Gasteiger partial charge in [0, 0.05) is 28.5 Å². The van der Waals surface area contributed by atoms with Crippen molar-refractivity contribution in [1.82, 2.24) is 9.78 Å². The number of rotatable bonds is 4. The molecule has 4 nitrogen and oxygen atoms in total. The summed E-state index contributed by atoms with van der Waals surface area (Å²) in [5, 5.41) is 4.54. The average Bonchev–Trinajstić information content (AvgIpc) is 2.90. The number of carbonyl (C=O) groups is 1. The average molecular weight is 430 g/mol. The molecule has 3 rings (SSSR count). The molecule has 1 aromatic heterocycles. The van der Waals surface area contributed by atoms with Crippen LogP contribution in [0.25, 0.3) is 5.69 Å². The fourth-order valence-electron chi connectivity index (χ4n) is 3.16. The van der Waals surface area contributed by atoms with Crippen molar-refractivity contribution in [2.24, 2.45) is 0 Å². The summed E-state index contributed by atoms with van der Waals surface area (Å²) < 4.78 is 15.9. The van der Waals surface area contributed by atoms with Gasteiger partial charge in [0.15, 0.2) is 0 Å². The molecule has 0 aliphatic heterocycles. The quantitative estimate of drug-likeness (QED) is 0.590. The van der Waals surface area contributed by atoms with Crippen molar-refractivity contribution < 1.29 is 9.18 Å². The van der Waals surface area contributed by atoms with Gasteiger partial charge >= 0.3 is 0 Å². The number of likely N-dealkylation sites (N-methyl/N-ethyl adjacent to an activating group) is 1. The van der Waals surface area contributed by atoms with E-state index in [-0.39, 0.29) is 18.1 Å². The fourth-order valence-corrected chi connectivity index (χ4v) is 3.64. The van der Waals surface area contributed by atoms with Crippen LogP contribution in [0, 0.1) is 26.6 Å². The lowest BCUT2D eigenvalue weighted by molar-refractivity contribution is -0.117. The molecule has 0 unspecified atom stereocenters. The number of anilines is 1. The minimum absolute atomic E-state index is 0.00900. The molecule has 2 aromatic carbocycles. The van der Waals surface area contributed by atoms with Crippen LogP contribution in [0.5, 0.6) is 0 Å². The summed E-state index contributed by atoms with van der Waals surface area (Å²) in [6.45, 7) is 5.80. The first-order valence-corrected chi connectivity index (χ1v) is 9.41. The zero-order valence-corrected chi connectivity index (χ0v) is 17.3. The van der Waals surface area contributed by atoms with E-state index < -0.39 is 0 Å². The van der Waals surface area contributed by atoms with Crippen molar-refractivity contribution in [1.29, 1.82) is 0 Å². The molecule has 27 heavy (non-hydrogen) atoms. The van der Waals surface area contributed by atoms with Gasteiger partial charge in [0.25, 0.3) is 0 Å². The number of nitrogens with zero attached hydrogens (tertiary/aromatic N) is 3. The van der Waals surface area contributed by atoms with Crippen LogP contribution >= 0.6 is 15.9 Å². The Morgan fingerprint density at radius 2 is 1.81 bits per heavy atom. The monoisotopic (exact) mass is 429 g/mol. The van der Waals surface area contributed by atoms with E-state index in [1.165, 1.54) is 12.1 Å². The highest BCUT2D eigenvalue weighted by Crippen LogP contribution is 2.25. The predicted molar refractivity (Wildman–Crippen MR) is 109 cm³/mol. The topological polar surface area (TPSA) is 38.1 Å². The second-order valence-electron chi connectivity index (χ2n) is 6.60. The largest absolute Gasteiger partial charge is 0.315 e. The fraction of sp³-hybridized carbons (Fsp3) is 0.238. The molecule has 0 aliphatic rings. The molecule has 1 heterocycles. The summed E-state index contributed by atoms with van der Waals surface area (Å²) in [5.74, 6) is -0.299. The normalized spacial score (nSPS) is 10.9. The molecule has 0 bridgehead atoms. The molecule has 6 heteroatoms. The Bertz CT molecular complexity index is 995. The number of carbonyl (C=O) groups excluding carboxylic acids is 1. The number of hydrogen-bond donors (Lipinski definition) is 0. The molecule has 140 valence electrons. The summed E-state index contributed by atoms with van der Waals surface area (Å²) in [6.07, 6.45) is 0.255. The summed E-state index contributed by atoms with van der Waals surface area (Å²) >= 11 is 3.45. The highest BCUT2D eigenvalue weighted by Gasteiger charge is 2.19. The van der Waals surface area contributed by atoms with Gasteiger partial charge in [-0.05, 0) is 68.8 Å². The van der Waals surface area contributed by atoms with Crippen LogP contribution in [0.1, 0.15) is 22.5 Å². The highest BCUT2D eigenvalue weighted by molar-refractivity contribution is 9.10. The Kier molecular flexibility index (Phi) is 5.46. The second kappa shape index (κ2) is 7.64. The summed E-state index contributed by atoms with van der Waals surface area (Å²) in [4.78, 5) is 14.5. The lowest BCUT2D eigenvalue weighted by Gasteiger charge is -2.20. The standard InChI is InChI=1S/C21H21BrFN3O/c1-13-11-16(22)5-10-20(13)25(4)21(27)12-19-14(2)24-26(15(19)3)18-8-6-17(23)7-9-18/h5-11H,12H2,1-4H3. The summed E-state index contributed by atoms with van der Waals surface area (Å²) in [5.41, 5.74) is 5.25. The molecule has 0 saturated heterocycles. The van der Waals surface area contributed by atoms with Crippen LogP contribution in [0.4, 0.5) is 10.1 Å². The maximum atomic E-state index is 13.2. The molecule has 0 spiro atoms. The van der Waals surface area contributed by atoms with Gasteiger partial charge in [0.2, 0.25) is 5.91 Å². The Labute approximate surface area is 166 Å². The third-order valence-electron chi connectivity index (χ3n) is 4.73. The van der Waals surface area contributed by atoms with Crippen LogP contribution in [-0.2, 0) is 11.2 Å².